The zero-order chi connectivity index (χ0) is 16.4. The summed E-state index contributed by atoms with van der Waals surface area (Å²) in [6.07, 6.45) is 3.54. The average Bonchev–Trinajstić information content (AvgIpc) is 2.84. The van der Waals surface area contributed by atoms with Gasteiger partial charge >= 0.3 is 0 Å². The molecular formula is C16H16N2O4S. The quantitative estimate of drug-likeness (QED) is 0.858. The van der Waals surface area contributed by atoms with Crippen molar-refractivity contribution < 1.29 is 19.1 Å². The van der Waals surface area contributed by atoms with Gasteiger partial charge in [0.1, 0.15) is 5.75 Å². The van der Waals surface area contributed by atoms with E-state index in [2.05, 4.69) is 12.2 Å². The number of rotatable bonds is 4. The Kier molecular flexibility index (Phi) is 4.38. The molecule has 1 aromatic carbocycles. The number of nitrogens with one attached hydrogen (secondary N) is 1. The van der Waals surface area contributed by atoms with Crippen LogP contribution in [0, 0.1) is 0 Å². The second-order valence-corrected chi connectivity index (χ2v) is 6.28. The van der Waals surface area contributed by atoms with Crippen LogP contribution in [0.4, 0.5) is 10.5 Å². The van der Waals surface area contributed by atoms with Crippen LogP contribution >= 0.6 is 11.8 Å². The van der Waals surface area contributed by atoms with Crippen LogP contribution in [0.5, 0.6) is 5.75 Å². The van der Waals surface area contributed by atoms with E-state index in [0.717, 1.165) is 30.2 Å². The van der Waals surface area contributed by atoms with Gasteiger partial charge < -0.3 is 9.64 Å². The molecule has 0 bridgehead atoms. The minimum absolute atomic E-state index is 0.0455. The zero-order valence-corrected chi connectivity index (χ0v) is 13.4. The third kappa shape index (κ3) is 3.24. The summed E-state index contributed by atoms with van der Waals surface area (Å²) in [5.41, 5.74) is 1.45. The van der Waals surface area contributed by atoms with Crippen LogP contribution in [-0.2, 0) is 9.59 Å². The topological polar surface area (TPSA) is 75.7 Å². The maximum absolute atomic E-state index is 12.1. The normalized spacial score (nSPS) is 18.9. The van der Waals surface area contributed by atoms with Crippen LogP contribution in [0.3, 0.4) is 0 Å². The number of hydrogen-bond acceptors (Lipinski definition) is 5. The maximum atomic E-state index is 12.1. The minimum Gasteiger partial charge on any atom is -0.482 e. The van der Waals surface area contributed by atoms with E-state index < -0.39 is 5.91 Å². The van der Waals surface area contributed by atoms with Crippen molar-refractivity contribution in [3.05, 3.63) is 28.7 Å². The monoisotopic (exact) mass is 332 g/mol. The lowest BCUT2D eigenvalue weighted by atomic mass is 10.1. The first kappa shape index (κ1) is 15.6. The van der Waals surface area contributed by atoms with Crippen molar-refractivity contribution in [2.45, 2.75) is 19.8 Å². The molecule has 0 radical (unpaired) electrons. The maximum Gasteiger partial charge on any atom is 0.290 e. The van der Waals surface area contributed by atoms with Crippen molar-refractivity contribution in [1.29, 1.82) is 0 Å². The lowest BCUT2D eigenvalue weighted by molar-refractivity contribution is -0.121. The number of fused-ring (bicyclic) bond motifs is 1. The van der Waals surface area contributed by atoms with E-state index in [0.29, 0.717) is 22.9 Å². The number of unbranched alkanes of at least 4 members (excludes halogenated alkanes) is 1. The van der Waals surface area contributed by atoms with Gasteiger partial charge in [-0.05, 0) is 42.0 Å². The molecule has 2 heterocycles. The highest BCUT2D eigenvalue weighted by Gasteiger charge is 2.27. The Morgan fingerprint density at radius 3 is 2.87 bits per heavy atom. The SMILES string of the molecule is CCCCN1C(=O)COc2ccc(/C=C3\SC(=O)NC3=O)cc21. The van der Waals surface area contributed by atoms with Gasteiger partial charge in [-0.2, -0.15) is 0 Å². The summed E-state index contributed by atoms with van der Waals surface area (Å²) >= 11 is 0.871. The van der Waals surface area contributed by atoms with Gasteiger partial charge in [-0.25, -0.2) is 0 Å². The summed E-state index contributed by atoms with van der Waals surface area (Å²) in [5, 5.41) is 1.85. The van der Waals surface area contributed by atoms with Crippen LogP contribution in [-0.4, -0.2) is 30.2 Å². The van der Waals surface area contributed by atoms with Crippen LogP contribution in [0.25, 0.3) is 6.08 Å². The standard InChI is InChI=1S/C16H16N2O4S/c1-2-3-6-18-11-7-10(4-5-12(11)22-9-14(18)19)8-13-15(20)17-16(21)23-13/h4-5,7-8H,2-3,6,9H2,1H3,(H,17,20,21)/b13-8-. The Labute approximate surface area is 137 Å². The van der Waals surface area contributed by atoms with Gasteiger partial charge in [0.05, 0.1) is 10.6 Å². The van der Waals surface area contributed by atoms with E-state index >= 15 is 0 Å². The molecule has 1 N–H and O–H groups in total. The summed E-state index contributed by atoms with van der Waals surface area (Å²) in [6.45, 7) is 2.75. The fourth-order valence-corrected chi connectivity index (χ4v) is 3.12. The van der Waals surface area contributed by atoms with Gasteiger partial charge in [0.2, 0.25) is 0 Å². The van der Waals surface area contributed by atoms with Crippen LogP contribution in [0.1, 0.15) is 25.3 Å². The molecule has 0 aliphatic carbocycles. The lowest BCUT2D eigenvalue weighted by Crippen LogP contribution is -2.39. The second kappa shape index (κ2) is 6.45. The summed E-state index contributed by atoms with van der Waals surface area (Å²) in [7, 11) is 0. The molecule has 7 heteroatoms. The van der Waals surface area contributed by atoms with Gasteiger partial charge in [-0.15, -0.1) is 0 Å². The lowest BCUT2D eigenvalue weighted by Gasteiger charge is -2.29. The molecule has 23 heavy (non-hydrogen) atoms. The van der Waals surface area contributed by atoms with E-state index in [1.165, 1.54) is 0 Å². The number of anilines is 1. The van der Waals surface area contributed by atoms with Crippen LogP contribution in [0.15, 0.2) is 23.1 Å². The zero-order valence-electron chi connectivity index (χ0n) is 12.6. The van der Waals surface area contributed by atoms with E-state index in [1.54, 1.807) is 23.1 Å². The Morgan fingerprint density at radius 1 is 1.35 bits per heavy atom. The molecule has 2 aliphatic rings. The molecule has 3 rings (SSSR count). The van der Waals surface area contributed by atoms with Crippen LogP contribution < -0.4 is 15.0 Å². The molecule has 0 spiro atoms. The predicted octanol–water partition coefficient (Wildman–Crippen LogP) is 2.54. The molecule has 3 amide bonds. The molecule has 2 aliphatic heterocycles. The third-order valence-electron chi connectivity index (χ3n) is 3.60. The molecule has 0 unspecified atom stereocenters. The highest BCUT2D eigenvalue weighted by molar-refractivity contribution is 8.18. The fourth-order valence-electron chi connectivity index (χ4n) is 2.44. The van der Waals surface area contributed by atoms with Gasteiger partial charge in [0.25, 0.3) is 17.1 Å². The number of imide groups is 1. The molecule has 1 aromatic rings. The summed E-state index contributed by atoms with van der Waals surface area (Å²) in [4.78, 5) is 37.0. The molecule has 120 valence electrons. The van der Waals surface area contributed by atoms with E-state index in [-0.39, 0.29) is 17.8 Å². The Balaban J connectivity index is 1.92. The van der Waals surface area contributed by atoms with Crippen molar-refractivity contribution in [2.75, 3.05) is 18.1 Å². The van der Waals surface area contributed by atoms with E-state index in [4.69, 9.17) is 4.74 Å². The number of ether oxygens (including phenoxy) is 1. The number of carbonyl (C=O) groups is 3. The van der Waals surface area contributed by atoms with E-state index in [1.807, 2.05) is 6.07 Å². The number of carbonyl (C=O) groups excluding carboxylic acids is 3. The molecule has 0 saturated carbocycles. The summed E-state index contributed by atoms with van der Waals surface area (Å²) < 4.78 is 5.46. The van der Waals surface area contributed by atoms with Crippen molar-refractivity contribution in [2.24, 2.45) is 0 Å². The average molecular weight is 332 g/mol. The highest BCUT2D eigenvalue weighted by Crippen LogP contribution is 2.35. The molecule has 0 atom stereocenters. The van der Waals surface area contributed by atoms with Crippen molar-refractivity contribution in [3.63, 3.8) is 0 Å². The summed E-state index contributed by atoms with van der Waals surface area (Å²) in [6, 6.07) is 5.40. The minimum atomic E-state index is -0.395. The smallest absolute Gasteiger partial charge is 0.290 e. The fraction of sp³-hybridized carbons (Fsp3) is 0.312. The molecule has 6 nitrogen and oxygen atoms in total. The summed E-state index contributed by atoms with van der Waals surface area (Å²) in [5.74, 6) is 0.189. The van der Waals surface area contributed by atoms with E-state index in [9.17, 15) is 14.4 Å². The molecule has 0 aromatic heterocycles. The number of nitrogens with zero attached hydrogens (tertiary/aromatic N) is 1. The van der Waals surface area contributed by atoms with Crippen LogP contribution in [0.2, 0.25) is 0 Å². The molecule has 1 saturated heterocycles. The Bertz CT molecular complexity index is 714. The first-order valence-electron chi connectivity index (χ1n) is 7.40. The molecular weight excluding hydrogens is 316 g/mol. The number of hydrogen-bond donors (Lipinski definition) is 1. The first-order valence-corrected chi connectivity index (χ1v) is 8.22. The largest absolute Gasteiger partial charge is 0.482 e. The predicted molar refractivity (Wildman–Crippen MR) is 88.3 cm³/mol. The van der Waals surface area contributed by atoms with Crippen molar-refractivity contribution >= 4 is 40.6 Å². The highest BCUT2D eigenvalue weighted by atomic mass is 32.2. The third-order valence-corrected chi connectivity index (χ3v) is 4.41. The number of benzene rings is 1. The Morgan fingerprint density at radius 2 is 2.17 bits per heavy atom. The number of thioether (sulfide) groups is 1. The molecule has 1 fully saturated rings. The van der Waals surface area contributed by atoms with Crippen molar-refractivity contribution in [3.8, 4) is 5.75 Å². The van der Waals surface area contributed by atoms with Gasteiger partial charge in [0, 0.05) is 6.54 Å². The van der Waals surface area contributed by atoms with Gasteiger partial charge in [0.15, 0.2) is 6.61 Å². The van der Waals surface area contributed by atoms with Gasteiger partial charge in [-0.1, -0.05) is 19.4 Å². The van der Waals surface area contributed by atoms with Gasteiger partial charge in [-0.3, -0.25) is 19.7 Å². The second-order valence-electron chi connectivity index (χ2n) is 5.27. The Hall–Kier alpha value is -2.28. The number of amides is 3. The first-order chi connectivity index (χ1) is 11.1. The van der Waals surface area contributed by atoms with Crippen molar-refractivity contribution in [1.82, 2.24) is 5.32 Å².